The first-order valence-corrected chi connectivity index (χ1v) is 22.5. The Labute approximate surface area is 215 Å². The Morgan fingerprint density at radius 2 is 0.882 bits per heavy atom. The van der Waals surface area contributed by atoms with E-state index < -0.39 is 42.8 Å². The van der Waals surface area contributed by atoms with E-state index >= 15 is 0 Å². The van der Waals surface area contributed by atoms with Gasteiger partial charge in [-0.3, -0.25) is 4.79 Å². The minimum Gasteiger partial charge on any atom is -0.481 e. The van der Waals surface area contributed by atoms with Gasteiger partial charge in [0.2, 0.25) is 0 Å². The van der Waals surface area contributed by atoms with Crippen molar-refractivity contribution in [2.75, 3.05) is 0 Å². The summed E-state index contributed by atoms with van der Waals surface area (Å²) in [6, 6.07) is 0. The molecule has 0 rings (SSSR count). The van der Waals surface area contributed by atoms with Crippen molar-refractivity contribution in [1.29, 1.82) is 0 Å². The summed E-state index contributed by atoms with van der Waals surface area (Å²) in [6.07, 6.45) is 21.3. The van der Waals surface area contributed by atoms with E-state index in [2.05, 4.69) is 27.7 Å². The molecule has 6 heteroatoms. The summed E-state index contributed by atoms with van der Waals surface area (Å²) in [6.45, 7) is 9.48. The van der Waals surface area contributed by atoms with Gasteiger partial charge in [-0.25, -0.2) is 4.79 Å². The van der Waals surface area contributed by atoms with Crippen molar-refractivity contribution >= 4 is 30.3 Å². The van der Waals surface area contributed by atoms with Crippen LogP contribution in [0.4, 0.5) is 0 Å². The van der Waals surface area contributed by atoms with Crippen molar-refractivity contribution in [3.8, 4) is 0 Å². The predicted octanol–water partition coefficient (Wildman–Crippen LogP) is 8.66. The molecular formula is C28H58O5Sn. The van der Waals surface area contributed by atoms with Crippen LogP contribution in [0.3, 0.4) is 0 Å². The molecule has 0 heterocycles. The van der Waals surface area contributed by atoms with Gasteiger partial charge >= 0.3 is 178 Å². The maximum Gasteiger partial charge on any atom is 0.333 e. The topological polar surface area (TPSA) is 94.8 Å². The van der Waals surface area contributed by atoms with Crippen LogP contribution >= 0.6 is 0 Å². The quantitative estimate of drug-likeness (QED) is 0.0814. The van der Waals surface area contributed by atoms with Crippen LogP contribution < -0.4 is 0 Å². The fourth-order valence-corrected chi connectivity index (χ4v) is 21.0. The predicted molar refractivity (Wildman–Crippen MR) is 147 cm³/mol. The smallest absolute Gasteiger partial charge is 0.333 e. The standard InChI is InChI=1S/2C8H17.C4H6O5.2C4H9.Sn/c2*1-3-5-7-8-6-4-2;5-2(4(8)9)1-3(6)7;2*1-3-4-2;/h2*1,3-8H2,2H3;2,5H,1H2,(H,6,7)(H,8,9);2*1,3-4H2,2H3;. The van der Waals surface area contributed by atoms with Gasteiger partial charge in [-0.1, -0.05) is 0 Å². The minimum atomic E-state index is -1.83. The Balaban J connectivity index is 0. The molecular weight excluding hydrogens is 535 g/mol. The van der Waals surface area contributed by atoms with Crippen LogP contribution in [0, 0.1) is 0 Å². The fraction of sp³-hybridized carbons (Fsp3) is 0.929. The van der Waals surface area contributed by atoms with Crippen LogP contribution in [0.1, 0.15) is 137 Å². The van der Waals surface area contributed by atoms with Gasteiger partial charge in [0.25, 0.3) is 0 Å². The van der Waals surface area contributed by atoms with Crippen LogP contribution in [0.25, 0.3) is 0 Å². The van der Waals surface area contributed by atoms with Gasteiger partial charge < -0.3 is 15.3 Å². The molecule has 0 saturated heterocycles. The second-order valence-corrected chi connectivity index (χ2v) is 24.5. The van der Waals surface area contributed by atoms with E-state index in [1.807, 2.05) is 0 Å². The zero-order chi connectivity index (χ0) is 26.1. The molecule has 204 valence electrons. The van der Waals surface area contributed by atoms with E-state index in [0.717, 1.165) is 0 Å². The molecule has 0 radical (unpaired) electrons. The van der Waals surface area contributed by atoms with Crippen molar-refractivity contribution in [3.63, 3.8) is 0 Å². The molecule has 0 spiro atoms. The molecule has 0 amide bonds. The molecule has 0 saturated carbocycles. The largest absolute Gasteiger partial charge is 0.481 e. The van der Waals surface area contributed by atoms with Crippen molar-refractivity contribution < 1.29 is 24.9 Å². The van der Waals surface area contributed by atoms with Crippen molar-refractivity contribution in [1.82, 2.24) is 0 Å². The third-order valence-electron chi connectivity index (χ3n) is 6.90. The number of hydrogen-bond acceptors (Lipinski definition) is 3. The van der Waals surface area contributed by atoms with E-state index in [4.69, 9.17) is 15.3 Å². The van der Waals surface area contributed by atoms with Crippen LogP contribution in [0.15, 0.2) is 0 Å². The molecule has 0 aliphatic rings. The molecule has 0 aromatic rings. The van der Waals surface area contributed by atoms with Crippen LogP contribution in [-0.4, -0.2) is 51.7 Å². The van der Waals surface area contributed by atoms with E-state index in [0.29, 0.717) is 0 Å². The molecule has 1 unspecified atom stereocenters. The molecule has 0 bridgehead atoms. The summed E-state index contributed by atoms with van der Waals surface area (Å²) in [5.41, 5.74) is 0. The van der Waals surface area contributed by atoms with Gasteiger partial charge in [-0.2, -0.15) is 0 Å². The normalized spacial score (nSPS) is 12.1. The first kappa shape index (κ1) is 35.9. The number of aliphatic hydroxyl groups excluding tert-OH is 1. The average Bonchev–Trinajstić information content (AvgIpc) is 2.80. The number of carboxylic acid groups (broad SMARTS) is 2. The second-order valence-electron chi connectivity index (χ2n) is 10.2. The number of carbonyl (C=O) groups is 2. The number of aliphatic carboxylic acids is 2. The van der Waals surface area contributed by atoms with Gasteiger partial charge in [-0.15, -0.1) is 0 Å². The molecule has 0 aliphatic heterocycles. The summed E-state index contributed by atoms with van der Waals surface area (Å²) >= 11 is -1.83. The van der Waals surface area contributed by atoms with E-state index in [1.54, 1.807) is 43.4 Å². The molecule has 1 atom stereocenters. The first-order valence-electron chi connectivity index (χ1n) is 14.4. The van der Waals surface area contributed by atoms with Crippen molar-refractivity contribution in [2.24, 2.45) is 0 Å². The summed E-state index contributed by atoms with van der Waals surface area (Å²) in [5, 5.41) is 24.1. The number of hydrogen-bond donors (Lipinski definition) is 3. The number of aliphatic hydroxyl groups is 1. The Morgan fingerprint density at radius 1 is 0.559 bits per heavy atom. The molecule has 0 aromatic heterocycles. The summed E-state index contributed by atoms with van der Waals surface area (Å²) in [4.78, 5) is 19.4. The van der Waals surface area contributed by atoms with Gasteiger partial charge in [0.1, 0.15) is 0 Å². The Bertz CT molecular complexity index is 444. The Hall–Kier alpha value is -0.301. The van der Waals surface area contributed by atoms with Gasteiger partial charge in [-0.05, 0) is 0 Å². The van der Waals surface area contributed by atoms with Gasteiger partial charge in [0.05, 0.1) is 6.42 Å². The SMILES string of the molecule is CCCCCCC[CH2][Sn]([CH2]CCC)([CH2]CCC)[CH2]CCCCCCC.O=C(O)CC(O)C(=O)O. The van der Waals surface area contributed by atoms with E-state index in [-0.39, 0.29) is 0 Å². The monoisotopic (exact) mass is 594 g/mol. The van der Waals surface area contributed by atoms with Crippen molar-refractivity contribution in [2.45, 2.75) is 161 Å². The molecule has 0 aliphatic carbocycles. The first-order chi connectivity index (χ1) is 16.3. The molecule has 34 heavy (non-hydrogen) atoms. The van der Waals surface area contributed by atoms with E-state index in [1.165, 1.54) is 77.0 Å². The van der Waals surface area contributed by atoms with Gasteiger partial charge in [0.15, 0.2) is 6.10 Å². The third kappa shape index (κ3) is 23.4. The maximum absolute atomic E-state index is 9.72. The van der Waals surface area contributed by atoms with Gasteiger partial charge in [0, 0.05) is 0 Å². The average molecular weight is 593 g/mol. The summed E-state index contributed by atoms with van der Waals surface area (Å²) < 4.78 is 6.90. The Kier molecular flexibility index (Phi) is 27.2. The van der Waals surface area contributed by atoms with E-state index in [9.17, 15) is 9.59 Å². The zero-order valence-corrected chi connectivity index (χ0v) is 25.9. The Morgan fingerprint density at radius 3 is 1.18 bits per heavy atom. The minimum absolute atomic E-state index is 0.755. The molecule has 0 fully saturated rings. The third-order valence-corrected chi connectivity index (χ3v) is 23.0. The second kappa shape index (κ2) is 25.8. The number of rotatable bonds is 23. The molecule has 3 N–H and O–H groups in total. The van der Waals surface area contributed by atoms with Crippen molar-refractivity contribution in [3.05, 3.63) is 0 Å². The maximum atomic E-state index is 9.72. The zero-order valence-electron chi connectivity index (χ0n) is 23.1. The van der Waals surface area contributed by atoms with Crippen LogP contribution in [0.5, 0.6) is 0 Å². The van der Waals surface area contributed by atoms with Crippen LogP contribution in [-0.2, 0) is 9.59 Å². The number of unbranched alkanes of at least 4 members (excludes halogenated alkanes) is 12. The summed E-state index contributed by atoms with van der Waals surface area (Å²) in [5.74, 6) is -2.85. The fourth-order valence-electron chi connectivity index (χ4n) is 4.67. The van der Waals surface area contributed by atoms with Crippen LogP contribution in [0.2, 0.25) is 17.7 Å². The molecule has 5 nitrogen and oxygen atoms in total. The summed E-state index contributed by atoms with van der Waals surface area (Å²) in [7, 11) is 0. The number of carboxylic acids is 2. The molecule has 0 aromatic carbocycles.